The smallest absolute Gasteiger partial charge is 0.248 e. The number of hydrogen-bond acceptors (Lipinski definition) is 5. The van der Waals surface area contributed by atoms with Gasteiger partial charge in [-0.15, -0.1) is 10.2 Å². The van der Waals surface area contributed by atoms with E-state index >= 15 is 0 Å². The fourth-order valence-corrected chi connectivity index (χ4v) is 2.45. The molecule has 0 saturated heterocycles. The molecule has 0 aliphatic carbocycles. The summed E-state index contributed by atoms with van der Waals surface area (Å²) >= 11 is 7.02. The summed E-state index contributed by atoms with van der Waals surface area (Å²) in [4.78, 5) is 12.2. The summed E-state index contributed by atoms with van der Waals surface area (Å²) in [6, 6.07) is 3.76. The maximum atomic E-state index is 13.1. The van der Waals surface area contributed by atoms with Gasteiger partial charge >= 0.3 is 0 Å². The molecule has 21 heavy (non-hydrogen) atoms. The van der Waals surface area contributed by atoms with Gasteiger partial charge in [0, 0.05) is 5.69 Å². The van der Waals surface area contributed by atoms with Crippen LogP contribution in [0.4, 0.5) is 15.2 Å². The summed E-state index contributed by atoms with van der Waals surface area (Å²) in [5.41, 5.74) is 0.580. The van der Waals surface area contributed by atoms with E-state index in [1.54, 1.807) is 0 Å². The van der Waals surface area contributed by atoms with Crippen molar-refractivity contribution in [3.8, 4) is 0 Å². The zero-order valence-corrected chi connectivity index (χ0v) is 13.1. The number of carbonyl (C=O) groups is 1. The second-order valence-electron chi connectivity index (χ2n) is 4.35. The summed E-state index contributed by atoms with van der Waals surface area (Å²) in [6.45, 7) is 3.68. The van der Waals surface area contributed by atoms with Gasteiger partial charge in [-0.2, -0.15) is 0 Å². The van der Waals surface area contributed by atoms with Gasteiger partial charge in [0.15, 0.2) is 0 Å². The molecule has 0 aliphatic rings. The lowest BCUT2D eigenvalue weighted by atomic mass is 10.2. The third kappa shape index (κ3) is 4.12. The van der Waals surface area contributed by atoms with Gasteiger partial charge in [-0.3, -0.25) is 10.1 Å². The average molecular weight is 329 g/mol. The maximum absolute atomic E-state index is 13.1. The Balaban J connectivity index is 2.04. The molecule has 1 aromatic carbocycles. The molecule has 8 heteroatoms. The van der Waals surface area contributed by atoms with Crippen LogP contribution >= 0.6 is 22.9 Å². The first-order chi connectivity index (χ1) is 9.99. The lowest BCUT2D eigenvalue weighted by molar-refractivity contribution is -0.117. The number of aryl methyl sites for hydroxylation is 1. The van der Waals surface area contributed by atoms with Crippen molar-refractivity contribution in [2.45, 2.75) is 26.3 Å². The predicted octanol–water partition coefficient (Wildman–Crippen LogP) is 3.47. The molecule has 2 rings (SSSR count). The number of halogens is 2. The monoisotopic (exact) mass is 328 g/mol. The van der Waals surface area contributed by atoms with E-state index in [-0.39, 0.29) is 10.9 Å². The number of anilines is 2. The second kappa shape index (κ2) is 6.82. The molecule has 0 radical (unpaired) electrons. The van der Waals surface area contributed by atoms with Crippen LogP contribution in [-0.4, -0.2) is 22.1 Å². The van der Waals surface area contributed by atoms with E-state index in [0.29, 0.717) is 17.2 Å². The molecule has 1 aromatic heterocycles. The number of rotatable bonds is 5. The van der Waals surface area contributed by atoms with Gasteiger partial charge in [-0.05, 0) is 31.5 Å². The van der Waals surface area contributed by atoms with Crippen LogP contribution in [0.5, 0.6) is 0 Å². The molecule has 5 nitrogen and oxygen atoms in total. The highest BCUT2D eigenvalue weighted by Gasteiger charge is 2.18. The lowest BCUT2D eigenvalue weighted by Crippen LogP contribution is -2.34. The summed E-state index contributed by atoms with van der Waals surface area (Å²) in [7, 11) is 0. The van der Waals surface area contributed by atoms with Gasteiger partial charge < -0.3 is 5.32 Å². The summed E-state index contributed by atoms with van der Waals surface area (Å²) in [6.07, 6.45) is 0.554. The van der Waals surface area contributed by atoms with Crippen molar-refractivity contribution in [3.05, 3.63) is 34.0 Å². The van der Waals surface area contributed by atoms with Gasteiger partial charge in [0.05, 0.1) is 5.02 Å². The van der Waals surface area contributed by atoms with Crippen molar-refractivity contribution in [1.29, 1.82) is 0 Å². The Morgan fingerprint density at radius 1 is 1.48 bits per heavy atom. The number of aromatic nitrogens is 2. The highest BCUT2D eigenvalue weighted by Crippen LogP contribution is 2.21. The Kier molecular flexibility index (Phi) is 5.08. The number of carbonyl (C=O) groups excluding carboxylic acids is 1. The highest BCUT2D eigenvalue weighted by molar-refractivity contribution is 7.15. The normalized spacial score (nSPS) is 12.0. The molecular formula is C13H14ClFN4OS. The molecule has 112 valence electrons. The Bertz CT molecular complexity index is 649. The molecule has 0 saturated carbocycles. The number of amides is 1. The minimum atomic E-state index is -0.496. The van der Waals surface area contributed by atoms with E-state index in [4.69, 9.17) is 11.6 Å². The number of hydrogen-bond donors (Lipinski definition) is 2. The van der Waals surface area contributed by atoms with Crippen LogP contribution in [0, 0.1) is 12.7 Å². The molecule has 2 N–H and O–H groups in total. The standard InChI is InChI=1S/C13H14ClFN4OS/c1-3-11(12(20)17-13-19-18-7(2)21-13)16-8-4-5-10(15)9(14)6-8/h4-6,11,16H,3H2,1-2H3,(H,17,19,20)/t11-/m1/s1. The third-order valence-corrected chi connectivity index (χ3v) is 3.79. The minimum Gasteiger partial charge on any atom is -0.374 e. The molecule has 2 aromatic rings. The summed E-state index contributed by atoms with van der Waals surface area (Å²) < 4.78 is 13.1. The Hall–Kier alpha value is -1.73. The Morgan fingerprint density at radius 2 is 2.24 bits per heavy atom. The summed E-state index contributed by atoms with van der Waals surface area (Å²) in [5, 5.41) is 14.6. The van der Waals surface area contributed by atoms with Crippen LogP contribution in [0.15, 0.2) is 18.2 Å². The van der Waals surface area contributed by atoms with E-state index in [9.17, 15) is 9.18 Å². The number of benzene rings is 1. The molecular weight excluding hydrogens is 315 g/mol. The van der Waals surface area contributed by atoms with E-state index in [1.807, 2.05) is 13.8 Å². The lowest BCUT2D eigenvalue weighted by Gasteiger charge is -2.17. The van der Waals surface area contributed by atoms with E-state index in [2.05, 4.69) is 20.8 Å². The van der Waals surface area contributed by atoms with Gasteiger partial charge in [0.2, 0.25) is 11.0 Å². The van der Waals surface area contributed by atoms with Crippen molar-refractivity contribution < 1.29 is 9.18 Å². The van der Waals surface area contributed by atoms with Crippen molar-refractivity contribution in [3.63, 3.8) is 0 Å². The van der Waals surface area contributed by atoms with Gasteiger partial charge in [-0.25, -0.2) is 4.39 Å². The first kappa shape index (κ1) is 15.7. The van der Waals surface area contributed by atoms with Crippen LogP contribution in [0.2, 0.25) is 5.02 Å². The number of nitrogens with zero attached hydrogens (tertiary/aromatic N) is 2. The molecule has 0 fully saturated rings. The van der Waals surface area contributed by atoms with Crippen LogP contribution in [0.1, 0.15) is 18.4 Å². The second-order valence-corrected chi connectivity index (χ2v) is 5.94. The SMILES string of the molecule is CC[C@@H](Nc1ccc(F)c(Cl)c1)C(=O)Nc1nnc(C)s1. The zero-order chi connectivity index (χ0) is 15.4. The topological polar surface area (TPSA) is 66.9 Å². The first-order valence-electron chi connectivity index (χ1n) is 6.32. The van der Waals surface area contributed by atoms with Crippen molar-refractivity contribution in [2.75, 3.05) is 10.6 Å². The highest BCUT2D eigenvalue weighted by atomic mass is 35.5. The van der Waals surface area contributed by atoms with Crippen molar-refractivity contribution >= 4 is 39.7 Å². The van der Waals surface area contributed by atoms with Crippen LogP contribution in [0.3, 0.4) is 0 Å². The Labute approximate surface area is 130 Å². The third-order valence-electron chi connectivity index (χ3n) is 2.74. The number of nitrogens with one attached hydrogen (secondary N) is 2. The molecule has 0 aliphatic heterocycles. The summed E-state index contributed by atoms with van der Waals surface area (Å²) in [5.74, 6) is -0.724. The molecule has 1 atom stereocenters. The van der Waals surface area contributed by atoms with E-state index in [0.717, 1.165) is 5.01 Å². The molecule has 0 bridgehead atoms. The Morgan fingerprint density at radius 3 is 2.81 bits per heavy atom. The van der Waals surface area contributed by atoms with Gasteiger partial charge in [0.1, 0.15) is 16.9 Å². The van der Waals surface area contributed by atoms with Crippen molar-refractivity contribution in [1.82, 2.24) is 10.2 Å². The largest absolute Gasteiger partial charge is 0.374 e. The molecule has 1 amide bonds. The van der Waals surface area contributed by atoms with Crippen LogP contribution in [-0.2, 0) is 4.79 Å². The zero-order valence-electron chi connectivity index (χ0n) is 11.5. The quantitative estimate of drug-likeness (QED) is 0.882. The fraction of sp³-hybridized carbons (Fsp3) is 0.308. The average Bonchev–Trinajstić information content (AvgIpc) is 2.85. The van der Waals surface area contributed by atoms with E-state index in [1.165, 1.54) is 29.5 Å². The molecule has 0 spiro atoms. The van der Waals surface area contributed by atoms with Gasteiger partial charge in [-0.1, -0.05) is 29.9 Å². The van der Waals surface area contributed by atoms with Crippen LogP contribution < -0.4 is 10.6 Å². The first-order valence-corrected chi connectivity index (χ1v) is 7.51. The van der Waals surface area contributed by atoms with Crippen LogP contribution in [0.25, 0.3) is 0 Å². The minimum absolute atomic E-state index is 0.00927. The fourth-order valence-electron chi connectivity index (χ4n) is 1.68. The molecule has 0 unspecified atom stereocenters. The van der Waals surface area contributed by atoms with E-state index < -0.39 is 11.9 Å². The van der Waals surface area contributed by atoms with Crippen molar-refractivity contribution in [2.24, 2.45) is 0 Å². The maximum Gasteiger partial charge on any atom is 0.248 e. The predicted molar refractivity (Wildman–Crippen MR) is 82.4 cm³/mol. The van der Waals surface area contributed by atoms with Gasteiger partial charge in [0.25, 0.3) is 0 Å². The molecule has 1 heterocycles.